The van der Waals surface area contributed by atoms with Crippen LogP contribution >= 0.6 is 0 Å². The summed E-state index contributed by atoms with van der Waals surface area (Å²) < 4.78 is 21.0. The molecule has 0 aliphatic heterocycles. The van der Waals surface area contributed by atoms with Gasteiger partial charge in [-0.2, -0.15) is 4.98 Å². The average Bonchev–Trinajstić information content (AvgIpc) is 3.17. The van der Waals surface area contributed by atoms with Gasteiger partial charge in [0.1, 0.15) is 11.5 Å². The van der Waals surface area contributed by atoms with Crippen LogP contribution in [0.2, 0.25) is 0 Å². The van der Waals surface area contributed by atoms with Crippen molar-refractivity contribution in [2.45, 2.75) is 20.0 Å². The second kappa shape index (κ2) is 8.84. The Morgan fingerprint density at radius 3 is 2.81 bits per heavy atom. The number of benzene rings is 2. The minimum Gasteiger partial charge on any atom is -0.497 e. The van der Waals surface area contributed by atoms with Crippen molar-refractivity contribution in [3.05, 3.63) is 60.0 Å². The minimum absolute atomic E-state index is 0.0832. The first kappa shape index (κ1) is 18.4. The number of nitrogens with zero attached hydrogens (tertiary/aromatic N) is 2. The van der Waals surface area contributed by atoms with Crippen molar-refractivity contribution < 1.29 is 23.5 Å². The van der Waals surface area contributed by atoms with Gasteiger partial charge < -0.3 is 18.7 Å². The smallest absolute Gasteiger partial charge is 0.309 e. The predicted octanol–water partition coefficient (Wildman–Crippen LogP) is 3.57. The fourth-order valence-corrected chi connectivity index (χ4v) is 2.37. The first-order chi connectivity index (χ1) is 13.2. The zero-order valence-electron chi connectivity index (χ0n) is 15.2. The Morgan fingerprint density at radius 2 is 2.00 bits per heavy atom. The van der Waals surface area contributed by atoms with Gasteiger partial charge in [-0.1, -0.05) is 35.5 Å². The number of carbonyl (C=O) groups excluding carboxylic acids is 1. The number of rotatable bonds is 8. The summed E-state index contributed by atoms with van der Waals surface area (Å²) in [4.78, 5) is 16.1. The number of methoxy groups -OCH3 is 1. The topological polar surface area (TPSA) is 83.7 Å². The van der Waals surface area contributed by atoms with Crippen LogP contribution in [0.5, 0.6) is 11.5 Å². The van der Waals surface area contributed by atoms with Gasteiger partial charge >= 0.3 is 5.97 Å². The summed E-state index contributed by atoms with van der Waals surface area (Å²) in [7, 11) is 1.59. The lowest BCUT2D eigenvalue weighted by Gasteiger charge is -2.08. The van der Waals surface area contributed by atoms with Crippen LogP contribution in [0.1, 0.15) is 17.9 Å². The van der Waals surface area contributed by atoms with E-state index in [9.17, 15) is 4.79 Å². The van der Waals surface area contributed by atoms with Crippen LogP contribution in [-0.4, -0.2) is 29.8 Å². The fourth-order valence-electron chi connectivity index (χ4n) is 2.37. The molecule has 0 saturated carbocycles. The summed E-state index contributed by atoms with van der Waals surface area (Å²) in [5.41, 5.74) is 1.77. The molecule has 27 heavy (non-hydrogen) atoms. The van der Waals surface area contributed by atoms with Gasteiger partial charge in [0.25, 0.3) is 5.89 Å². The number of hydrogen-bond donors (Lipinski definition) is 0. The lowest BCUT2D eigenvalue weighted by Crippen LogP contribution is -2.10. The molecule has 2 aromatic carbocycles. The third-order valence-electron chi connectivity index (χ3n) is 3.81. The molecule has 1 heterocycles. The molecule has 0 spiro atoms. The van der Waals surface area contributed by atoms with Gasteiger partial charge in [0.2, 0.25) is 5.82 Å². The Hall–Kier alpha value is -3.35. The number of carbonyl (C=O) groups is 1. The van der Waals surface area contributed by atoms with Gasteiger partial charge in [-0.25, -0.2) is 0 Å². The van der Waals surface area contributed by atoms with Crippen LogP contribution in [0.4, 0.5) is 0 Å². The van der Waals surface area contributed by atoms with Gasteiger partial charge in [-0.05, 0) is 30.7 Å². The van der Waals surface area contributed by atoms with Gasteiger partial charge in [0.15, 0.2) is 6.61 Å². The van der Waals surface area contributed by atoms with Crippen LogP contribution in [0.15, 0.2) is 53.1 Å². The molecule has 0 unspecified atom stereocenters. The number of ether oxygens (including phenoxy) is 3. The van der Waals surface area contributed by atoms with Gasteiger partial charge in [-0.15, -0.1) is 0 Å². The number of aryl methyl sites for hydroxylation is 1. The van der Waals surface area contributed by atoms with Gasteiger partial charge in [0.05, 0.1) is 20.1 Å². The van der Waals surface area contributed by atoms with E-state index in [0.717, 1.165) is 16.9 Å². The van der Waals surface area contributed by atoms with Crippen LogP contribution in [0.3, 0.4) is 0 Å². The fraction of sp³-hybridized carbons (Fsp3) is 0.250. The Balaban J connectivity index is 1.46. The number of aromatic nitrogens is 2. The molecule has 0 radical (unpaired) electrons. The molecule has 1 aromatic heterocycles. The monoisotopic (exact) mass is 368 g/mol. The Morgan fingerprint density at radius 1 is 1.15 bits per heavy atom. The maximum atomic E-state index is 11.8. The third kappa shape index (κ3) is 5.07. The molecule has 0 aliphatic rings. The molecule has 0 fully saturated rings. The molecule has 0 amide bonds. The summed E-state index contributed by atoms with van der Waals surface area (Å²) >= 11 is 0. The summed E-state index contributed by atoms with van der Waals surface area (Å²) in [5, 5.41) is 3.89. The Bertz CT molecular complexity index is 907. The SMILES string of the molecule is COc1cccc(-c2noc(COC(=O)CCOc3ccccc3C)n2)c1. The van der Waals surface area contributed by atoms with Gasteiger partial charge in [-0.3, -0.25) is 4.79 Å². The number of esters is 1. The molecular formula is C20H20N2O5. The lowest BCUT2D eigenvalue weighted by molar-refractivity contribution is -0.146. The van der Waals surface area contributed by atoms with E-state index in [-0.39, 0.29) is 25.5 Å². The Kier molecular flexibility index (Phi) is 6.04. The van der Waals surface area contributed by atoms with Crippen molar-refractivity contribution in [3.63, 3.8) is 0 Å². The molecule has 0 saturated heterocycles. The number of para-hydroxylation sites is 1. The molecule has 0 aliphatic carbocycles. The average molecular weight is 368 g/mol. The standard InChI is InChI=1S/C20H20N2O5/c1-14-6-3-4-9-17(14)25-11-10-19(23)26-13-18-21-20(22-27-18)15-7-5-8-16(12-15)24-2/h3-9,12H,10-11,13H2,1-2H3. The highest BCUT2D eigenvalue weighted by molar-refractivity contribution is 5.69. The molecule has 3 aromatic rings. The second-order valence-corrected chi connectivity index (χ2v) is 5.77. The van der Waals surface area contributed by atoms with Crippen molar-refractivity contribution in [2.24, 2.45) is 0 Å². The van der Waals surface area contributed by atoms with Gasteiger partial charge in [0, 0.05) is 5.56 Å². The van der Waals surface area contributed by atoms with E-state index in [1.54, 1.807) is 13.2 Å². The van der Waals surface area contributed by atoms with Crippen molar-refractivity contribution in [1.82, 2.24) is 10.1 Å². The van der Waals surface area contributed by atoms with Crippen molar-refractivity contribution >= 4 is 5.97 Å². The third-order valence-corrected chi connectivity index (χ3v) is 3.81. The summed E-state index contributed by atoms with van der Waals surface area (Å²) in [5.74, 6) is 1.68. The molecule has 0 atom stereocenters. The zero-order chi connectivity index (χ0) is 19.1. The van der Waals surface area contributed by atoms with Crippen LogP contribution in [-0.2, 0) is 16.1 Å². The summed E-state index contributed by atoms with van der Waals surface area (Å²) in [6, 6.07) is 14.9. The largest absolute Gasteiger partial charge is 0.497 e. The molecule has 3 rings (SSSR count). The maximum Gasteiger partial charge on any atom is 0.309 e. The minimum atomic E-state index is -0.398. The molecule has 7 nitrogen and oxygen atoms in total. The van der Waals surface area contributed by atoms with Crippen LogP contribution < -0.4 is 9.47 Å². The van der Waals surface area contributed by atoms with Crippen molar-refractivity contribution in [2.75, 3.05) is 13.7 Å². The summed E-state index contributed by atoms with van der Waals surface area (Å²) in [6.07, 6.45) is 0.130. The first-order valence-corrected chi connectivity index (χ1v) is 8.47. The Labute approximate surface area is 156 Å². The predicted molar refractivity (Wildman–Crippen MR) is 97.4 cm³/mol. The van der Waals surface area contributed by atoms with E-state index in [1.165, 1.54) is 0 Å². The van der Waals surface area contributed by atoms with E-state index < -0.39 is 5.97 Å². The lowest BCUT2D eigenvalue weighted by atomic mass is 10.2. The molecular weight excluding hydrogens is 348 g/mol. The second-order valence-electron chi connectivity index (χ2n) is 5.77. The quantitative estimate of drug-likeness (QED) is 0.562. The van der Waals surface area contributed by atoms with E-state index in [0.29, 0.717) is 11.6 Å². The van der Waals surface area contributed by atoms with E-state index in [2.05, 4.69) is 10.1 Å². The van der Waals surface area contributed by atoms with E-state index in [4.69, 9.17) is 18.7 Å². The van der Waals surface area contributed by atoms with Crippen LogP contribution in [0.25, 0.3) is 11.4 Å². The molecule has 7 heteroatoms. The molecule has 0 bridgehead atoms. The normalized spacial score (nSPS) is 10.4. The zero-order valence-corrected chi connectivity index (χ0v) is 15.2. The van der Waals surface area contributed by atoms with Crippen molar-refractivity contribution in [1.29, 1.82) is 0 Å². The van der Waals surface area contributed by atoms with E-state index in [1.807, 2.05) is 49.4 Å². The first-order valence-electron chi connectivity index (χ1n) is 8.47. The van der Waals surface area contributed by atoms with Crippen LogP contribution in [0, 0.1) is 6.92 Å². The highest BCUT2D eigenvalue weighted by atomic mass is 16.6. The summed E-state index contributed by atoms with van der Waals surface area (Å²) in [6.45, 7) is 2.10. The van der Waals surface area contributed by atoms with E-state index >= 15 is 0 Å². The maximum absolute atomic E-state index is 11.8. The number of hydrogen-bond acceptors (Lipinski definition) is 7. The molecule has 140 valence electrons. The highest BCUT2D eigenvalue weighted by Crippen LogP contribution is 2.21. The highest BCUT2D eigenvalue weighted by Gasteiger charge is 2.12. The molecule has 0 N–H and O–H groups in total. The van der Waals surface area contributed by atoms with Crippen molar-refractivity contribution in [3.8, 4) is 22.9 Å².